The van der Waals surface area contributed by atoms with Crippen molar-refractivity contribution in [3.8, 4) is 5.75 Å². The van der Waals surface area contributed by atoms with Crippen LogP contribution in [0.15, 0.2) is 36.4 Å². The molecule has 1 aromatic rings. The average molecular weight is 249 g/mol. The van der Waals surface area contributed by atoms with Gasteiger partial charge in [-0.3, -0.25) is 0 Å². The molecule has 0 heterocycles. The number of aliphatic hydroxyl groups is 1. The third-order valence-corrected chi connectivity index (χ3v) is 2.66. The van der Waals surface area contributed by atoms with Crippen molar-refractivity contribution in [2.24, 2.45) is 0 Å². The molecule has 0 radical (unpaired) electrons. The van der Waals surface area contributed by atoms with Gasteiger partial charge >= 0.3 is 0 Å². The minimum atomic E-state index is -0.749. The molecule has 0 spiro atoms. The van der Waals surface area contributed by atoms with Crippen LogP contribution >= 0.6 is 0 Å². The van der Waals surface area contributed by atoms with E-state index in [9.17, 15) is 5.11 Å². The molecule has 18 heavy (non-hydrogen) atoms. The van der Waals surface area contributed by atoms with Crippen molar-refractivity contribution in [2.75, 3.05) is 13.7 Å². The second-order valence-corrected chi connectivity index (χ2v) is 4.96. The van der Waals surface area contributed by atoms with Crippen molar-refractivity contribution in [1.29, 1.82) is 0 Å². The Hall–Kier alpha value is -1.32. The molecule has 3 nitrogen and oxygen atoms in total. The van der Waals surface area contributed by atoms with Gasteiger partial charge in [-0.2, -0.15) is 0 Å². The highest BCUT2D eigenvalue weighted by Crippen LogP contribution is 2.18. The standard InChI is InChI=1S/C15H23NO2/c1-12(16-10-6-9-15(2,3)17)13-7-5-8-14(11-13)18-4/h5-9,11-12,16-17H,10H2,1-4H3/b9-6+/t12-/m1/s1. The zero-order chi connectivity index (χ0) is 13.6. The van der Waals surface area contributed by atoms with E-state index in [1.54, 1.807) is 27.0 Å². The van der Waals surface area contributed by atoms with Gasteiger partial charge in [0.2, 0.25) is 0 Å². The van der Waals surface area contributed by atoms with Gasteiger partial charge in [-0.1, -0.05) is 24.3 Å². The van der Waals surface area contributed by atoms with Crippen molar-refractivity contribution in [2.45, 2.75) is 32.4 Å². The van der Waals surface area contributed by atoms with E-state index in [1.807, 2.05) is 24.3 Å². The molecule has 0 aromatic heterocycles. The lowest BCUT2D eigenvalue weighted by molar-refractivity contribution is 0.133. The zero-order valence-corrected chi connectivity index (χ0v) is 11.6. The van der Waals surface area contributed by atoms with Crippen LogP contribution in [0.3, 0.4) is 0 Å². The third kappa shape index (κ3) is 5.34. The van der Waals surface area contributed by atoms with E-state index in [-0.39, 0.29) is 6.04 Å². The van der Waals surface area contributed by atoms with Crippen LogP contribution in [0.2, 0.25) is 0 Å². The molecule has 0 bridgehead atoms. The molecular weight excluding hydrogens is 226 g/mol. The first-order chi connectivity index (χ1) is 8.42. The quantitative estimate of drug-likeness (QED) is 0.762. The van der Waals surface area contributed by atoms with Gasteiger partial charge in [-0.05, 0) is 38.5 Å². The van der Waals surface area contributed by atoms with Gasteiger partial charge in [0.25, 0.3) is 0 Å². The molecule has 1 atom stereocenters. The molecule has 0 aliphatic heterocycles. The van der Waals surface area contributed by atoms with Crippen molar-refractivity contribution in [1.82, 2.24) is 5.32 Å². The summed E-state index contributed by atoms with van der Waals surface area (Å²) in [6, 6.07) is 8.26. The molecule has 1 aromatic carbocycles. The molecule has 2 N–H and O–H groups in total. The smallest absolute Gasteiger partial charge is 0.119 e. The van der Waals surface area contributed by atoms with E-state index in [0.717, 1.165) is 12.3 Å². The van der Waals surface area contributed by atoms with Crippen LogP contribution in [-0.4, -0.2) is 24.4 Å². The summed E-state index contributed by atoms with van der Waals surface area (Å²) < 4.78 is 5.20. The largest absolute Gasteiger partial charge is 0.497 e. The summed E-state index contributed by atoms with van der Waals surface area (Å²) in [5.41, 5.74) is 0.437. The Kier molecular flexibility index (Phi) is 5.38. The lowest BCUT2D eigenvalue weighted by Crippen LogP contribution is -2.20. The summed E-state index contributed by atoms with van der Waals surface area (Å²) >= 11 is 0. The van der Waals surface area contributed by atoms with E-state index in [2.05, 4.69) is 18.3 Å². The number of rotatable bonds is 6. The van der Waals surface area contributed by atoms with Crippen LogP contribution in [-0.2, 0) is 0 Å². The number of nitrogens with one attached hydrogen (secondary N) is 1. The van der Waals surface area contributed by atoms with Gasteiger partial charge in [0.15, 0.2) is 0 Å². The maximum absolute atomic E-state index is 9.54. The zero-order valence-electron chi connectivity index (χ0n) is 11.6. The van der Waals surface area contributed by atoms with Crippen molar-refractivity contribution in [3.05, 3.63) is 42.0 Å². The van der Waals surface area contributed by atoms with Crippen LogP contribution in [0.4, 0.5) is 0 Å². The highest BCUT2D eigenvalue weighted by atomic mass is 16.5. The summed E-state index contributed by atoms with van der Waals surface area (Å²) in [7, 11) is 1.67. The normalized spacial score (nSPS) is 13.8. The number of benzene rings is 1. The first-order valence-electron chi connectivity index (χ1n) is 6.20. The van der Waals surface area contributed by atoms with Crippen LogP contribution in [0, 0.1) is 0 Å². The Balaban J connectivity index is 2.50. The molecule has 100 valence electrons. The Morgan fingerprint density at radius 2 is 2.17 bits per heavy atom. The van der Waals surface area contributed by atoms with E-state index in [0.29, 0.717) is 0 Å². The van der Waals surface area contributed by atoms with Crippen molar-refractivity contribution < 1.29 is 9.84 Å². The average Bonchev–Trinajstić information content (AvgIpc) is 2.33. The lowest BCUT2D eigenvalue weighted by atomic mass is 10.1. The second kappa shape index (κ2) is 6.57. The summed E-state index contributed by atoms with van der Waals surface area (Å²) in [6.45, 7) is 6.35. The molecule has 3 heteroatoms. The fourth-order valence-electron chi connectivity index (χ4n) is 1.62. The highest BCUT2D eigenvalue weighted by molar-refractivity contribution is 5.30. The first kappa shape index (κ1) is 14.7. The lowest BCUT2D eigenvalue weighted by Gasteiger charge is -2.15. The van der Waals surface area contributed by atoms with Crippen LogP contribution < -0.4 is 10.1 Å². The van der Waals surface area contributed by atoms with Gasteiger partial charge < -0.3 is 15.2 Å². The highest BCUT2D eigenvalue weighted by Gasteiger charge is 2.07. The monoisotopic (exact) mass is 249 g/mol. The molecule has 0 amide bonds. The minimum absolute atomic E-state index is 0.242. The van der Waals surface area contributed by atoms with Gasteiger partial charge in [-0.25, -0.2) is 0 Å². The van der Waals surface area contributed by atoms with E-state index in [4.69, 9.17) is 4.74 Å². The van der Waals surface area contributed by atoms with E-state index >= 15 is 0 Å². The van der Waals surface area contributed by atoms with E-state index in [1.165, 1.54) is 5.56 Å². The molecule has 0 saturated carbocycles. The molecule has 0 unspecified atom stereocenters. The minimum Gasteiger partial charge on any atom is -0.497 e. The van der Waals surface area contributed by atoms with Crippen LogP contribution in [0.25, 0.3) is 0 Å². The van der Waals surface area contributed by atoms with E-state index < -0.39 is 5.60 Å². The van der Waals surface area contributed by atoms with Gasteiger partial charge in [0.1, 0.15) is 5.75 Å². The molecular formula is C15H23NO2. The third-order valence-electron chi connectivity index (χ3n) is 2.66. The van der Waals surface area contributed by atoms with Gasteiger partial charge in [0, 0.05) is 12.6 Å². The maximum atomic E-state index is 9.54. The maximum Gasteiger partial charge on any atom is 0.119 e. The summed E-state index contributed by atoms with van der Waals surface area (Å²) in [4.78, 5) is 0. The van der Waals surface area contributed by atoms with Crippen LogP contribution in [0.1, 0.15) is 32.4 Å². The number of hydrogen-bond donors (Lipinski definition) is 2. The predicted octanol–water partition coefficient (Wildman–Crippen LogP) is 2.67. The topological polar surface area (TPSA) is 41.5 Å². The SMILES string of the molecule is COc1cccc([C@@H](C)NC/C=C/C(C)(C)O)c1. The van der Waals surface area contributed by atoms with Gasteiger partial charge in [0.05, 0.1) is 12.7 Å². The fraction of sp³-hybridized carbons (Fsp3) is 0.467. The Morgan fingerprint density at radius 1 is 1.44 bits per heavy atom. The summed E-state index contributed by atoms with van der Waals surface area (Å²) in [6.07, 6.45) is 3.73. The van der Waals surface area contributed by atoms with Crippen LogP contribution in [0.5, 0.6) is 5.75 Å². The summed E-state index contributed by atoms with van der Waals surface area (Å²) in [5.74, 6) is 0.869. The number of hydrogen-bond acceptors (Lipinski definition) is 3. The molecule has 0 fully saturated rings. The van der Waals surface area contributed by atoms with Gasteiger partial charge in [-0.15, -0.1) is 0 Å². The Bertz CT molecular complexity index is 394. The Labute approximate surface area is 109 Å². The number of ether oxygens (including phenoxy) is 1. The fourth-order valence-corrected chi connectivity index (χ4v) is 1.62. The number of methoxy groups -OCH3 is 1. The predicted molar refractivity (Wildman–Crippen MR) is 74.8 cm³/mol. The van der Waals surface area contributed by atoms with Crippen molar-refractivity contribution in [3.63, 3.8) is 0 Å². The molecule has 0 saturated heterocycles. The Morgan fingerprint density at radius 3 is 2.78 bits per heavy atom. The summed E-state index contributed by atoms with van der Waals surface area (Å²) in [5, 5.41) is 12.9. The molecule has 1 rings (SSSR count). The second-order valence-electron chi connectivity index (χ2n) is 4.96. The molecule has 0 aliphatic rings. The molecule has 0 aliphatic carbocycles. The van der Waals surface area contributed by atoms with Crippen molar-refractivity contribution >= 4 is 0 Å². The first-order valence-corrected chi connectivity index (χ1v) is 6.20.